The number of rotatable bonds is 0. The Morgan fingerprint density at radius 3 is 3.12 bits per heavy atom. The van der Waals surface area contributed by atoms with Crippen molar-refractivity contribution in [2.24, 2.45) is 0 Å². The van der Waals surface area contributed by atoms with Crippen LogP contribution < -0.4 is 5.32 Å². The number of carbonyl (C=O) groups excluding carboxylic acids is 1. The van der Waals surface area contributed by atoms with Gasteiger partial charge in [-0.15, -0.1) is 0 Å². The zero-order chi connectivity index (χ0) is 11.1. The Morgan fingerprint density at radius 2 is 2.25 bits per heavy atom. The van der Waals surface area contributed by atoms with Crippen molar-refractivity contribution in [3.8, 4) is 0 Å². The van der Waals surface area contributed by atoms with Gasteiger partial charge < -0.3 is 10.1 Å². The Kier molecular flexibility index (Phi) is 1.99. The summed E-state index contributed by atoms with van der Waals surface area (Å²) in [6, 6.07) is 6.38. The van der Waals surface area contributed by atoms with Gasteiger partial charge in [-0.1, -0.05) is 12.1 Å². The number of carbonyl (C=O) groups is 1. The molecule has 0 amide bonds. The summed E-state index contributed by atoms with van der Waals surface area (Å²) < 4.78 is 5.42. The number of ether oxygens (including phenoxy) is 1. The second-order valence-electron chi connectivity index (χ2n) is 4.35. The number of hydrogen-bond acceptors (Lipinski definition) is 3. The molecule has 2 heterocycles. The average molecular weight is 215 g/mol. The van der Waals surface area contributed by atoms with E-state index in [0.717, 1.165) is 23.2 Å². The monoisotopic (exact) mass is 215 g/mol. The first-order valence-electron chi connectivity index (χ1n) is 5.52. The molecule has 3 heteroatoms. The maximum absolute atomic E-state index is 11.4. The fourth-order valence-electron chi connectivity index (χ4n) is 2.42. The lowest BCUT2D eigenvalue weighted by molar-refractivity contribution is -0.143. The average Bonchev–Trinajstić information content (AvgIpc) is 2.39. The van der Waals surface area contributed by atoms with Gasteiger partial charge in [-0.2, -0.15) is 0 Å². The molecule has 3 nitrogen and oxygen atoms in total. The second kappa shape index (κ2) is 3.37. The Hall–Kier alpha value is -1.77. The maximum Gasteiger partial charge on any atom is 0.331 e. The number of anilines is 1. The van der Waals surface area contributed by atoms with Crippen molar-refractivity contribution in [1.29, 1.82) is 0 Å². The predicted molar refractivity (Wildman–Crippen MR) is 62.0 cm³/mol. The first-order valence-corrected chi connectivity index (χ1v) is 5.52. The minimum absolute atomic E-state index is 0.107. The molecular formula is C13H13NO2. The molecule has 3 rings (SSSR count). The summed E-state index contributed by atoms with van der Waals surface area (Å²) in [5.41, 5.74) is 3.27. The van der Waals surface area contributed by atoms with Gasteiger partial charge in [0.25, 0.3) is 0 Å². The van der Waals surface area contributed by atoms with Gasteiger partial charge in [-0.3, -0.25) is 0 Å². The maximum atomic E-state index is 11.4. The molecule has 16 heavy (non-hydrogen) atoms. The van der Waals surface area contributed by atoms with Gasteiger partial charge in [-0.05, 0) is 24.6 Å². The lowest BCUT2D eigenvalue weighted by Gasteiger charge is -2.31. The highest BCUT2D eigenvalue weighted by Gasteiger charge is 2.29. The molecule has 0 fully saturated rings. The molecule has 2 atom stereocenters. The quantitative estimate of drug-likeness (QED) is 0.676. The molecule has 0 aliphatic carbocycles. The van der Waals surface area contributed by atoms with Crippen LogP contribution in [0.5, 0.6) is 0 Å². The van der Waals surface area contributed by atoms with Crippen LogP contribution in [0.2, 0.25) is 0 Å². The summed E-state index contributed by atoms with van der Waals surface area (Å²) >= 11 is 0. The van der Waals surface area contributed by atoms with Crippen LogP contribution in [0.3, 0.4) is 0 Å². The first kappa shape index (κ1) is 9.46. The van der Waals surface area contributed by atoms with Gasteiger partial charge in [0, 0.05) is 29.8 Å². The summed E-state index contributed by atoms with van der Waals surface area (Å²) in [7, 11) is 0. The van der Waals surface area contributed by atoms with Crippen molar-refractivity contribution in [2.75, 3.05) is 5.32 Å². The fourth-order valence-corrected chi connectivity index (χ4v) is 2.42. The zero-order valence-corrected chi connectivity index (χ0v) is 9.07. The van der Waals surface area contributed by atoms with E-state index in [1.54, 1.807) is 0 Å². The molecular weight excluding hydrogens is 202 g/mol. The summed E-state index contributed by atoms with van der Waals surface area (Å²) in [6.07, 6.45) is 4.06. The topological polar surface area (TPSA) is 38.3 Å². The molecule has 82 valence electrons. The van der Waals surface area contributed by atoms with Crippen molar-refractivity contribution in [1.82, 2.24) is 0 Å². The third-order valence-corrected chi connectivity index (χ3v) is 3.09. The molecule has 0 saturated carbocycles. The van der Waals surface area contributed by atoms with Crippen molar-refractivity contribution < 1.29 is 9.53 Å². The van der Waals surface area contributed by atoms with Crippen LogP contribution in [0.4, 0.5) is 5.69 Å². The van der Waals surface area contributed by atoms with Crippen LogP contribution in [-0.2, 0) is 9.53 Å². The molecule has 1 aromatic carbocycles. The highest BCUT2D eigenvalue weighted by Crippen LogP contribution is 2.39. The Balaban J connectivity index is 2.17. The van der Waals surface area contributed by atoms with Crippen LogP contribution in [0.15, 0.2) is 24.3 Å². The second-order valence-corrected chi connectivity index (χ2v) is 4.35. The number of esters is 1. The van der Waals surface area contributed by atoms with Crippen molar-refractivity contribution in [2.45, 2.75) is 25.5 Å². The van der Waals surface area contributed by atoms with Crippen LogP contribution >= 0.6 is 0 Å². The molecule has 2 aliphatic heterocycles. The van der Waals surface area contributed by atoms with E-state index in [2.05, 4.69) is 12.2 Å². The van der Waals surface area contributed by atoms with E-state index < -0.39 is 0 Å². The Bertz CT molecular complexity index is 479. The molecule has 2 aliphatic rings. The SMILES string of the molecule is C[C@H]1C[C@@H]2OC(=O)C=Cc3cccc(c32)N1. The predicted octanol–water partition coefficient (Wildman–Crippen LogP) is 2.50. The smallest absolute Gasteiger partial charge is 0.331 e. The van der Waals surface area contributed by atoms with E-state index in [-0.39, 0.29) is 12.1 Å². The summed E-state index contributed by atoms with van der Waals surface area (Å²) in [4.78, 5) is 11.4. The van der Waals surface area contributed by atoms with Gasteiger partial charge in [-0.25, -0.2) is 4.79 Å². The molecule has 0 radical (unpaired) electrons. The van der Waals surface area contributed by atoms with Crippen LogP contribution in [0, 0.1) is 0 Å². The Morgan fingerprint density at radius 1 is 1.38 bits per heavy atom. The van der Waals surface area contributed by atoms with E-state index >= 15 is 0 Å². The van der Waals surface area contributed by atoms with Crippen LogP contribution in [-0.4, -0.2) is 12.0 Å². The molecule has 0 bridgehead atoms. The standard InChI is InChI=1S/C13H13NO2/c1-8-7-11-13-9(5-6-12(15)16-11)3-2-4-10(13)14-8/h2-6,8,11,14H,7H2,1H3/t8-,11-/m0/s1. The first-order chi connectivity index (χ1) is 7.74. The third kappa shape index (κ3) is 1.40. The minimum Gasteiger partial charge on any atom is -0.454 e. The van der Waals surface area contributed by atoms with E-state index in [0.29, 0.717) is 6.04 Å². The fraction of sp³-hybridized carbons (Fsp3) is 0.308. The largest absolute Gasteiger partial charge is 0.454 e. The molecule has 0 aromatic heterocycles. The number of benzene rings is 1. The van der Waals surface area contributed by atoms with Gasteiger partial charge in [0.15, 0.2) is 0 Å². The van der Waals surface area contributed by atoms with E-state index in [1.807, 2.05) is 24.3 Å². The number of hydrogen-bond donors (Lipinski definition) is 1. The lowest BCUT2D eigenvalue weighted by atomic mass is 9.92. The van der Waals surface area contributed by atoms with Crippen LogP contribution in [0.1, 0.15) is 30.6 Å². The van der Waals surface area contributed by atoms with Gasteiger partial charge in [0.05, 0.1) is 0 Å². The third-order valence-electron chi connectivity index (χ3n) is 3.09. The van der Waals surface area contributed by atoms with Gasteiger partial charge in [0.1, 0.15) is 6.10 Å². The van der Waals surface area contributed by atoms with Crippen molar-refractivity contribution in [3.05, 3.63) is 35.4 Å². The minimum atomic E-state index is -0.249. The molecule has 1 aromatic rings. The van der Waals surface area contributed by atoms with Crippen LogP contribution in [0.25, 0.3) is 6.08 Å². The lowest BCUT2D eigenvalue weighted by Crippen LogP contribution is -2.27. The van der Waals surface area contributed by atoms with E-state index in [4.69, 9.17) is 4.74 Å². The number of nitrogens with one attached hydrogen (secondary N) is 1. The zero-order valence-electron chi connectivity index (χ0n) is 9.07. The highest BCUT2D eigenvalue weighted by molar-refractivity contribution is 5.89. The summed E-state index contributed by atoms with van der Waals surface area (Å²) in [6.45, 7) is 2.10. The van der Waals surface area contributed by atoms with E-state index in [1.165, 1.54) is 6.08 Å². The van der Waals surface area contributed by atoms with Crippen molar-refractivity contribution in [3.63, 3.8) is 0 Å². The van der Waals surface area contributed by atoms with E-state index in [9.17, 15) is 4.79 Å². The van der Waals surface area contributed by atoms with Crippen molar-refractivity contribution >= 4 is 17.7 Å². The highest BCUT2D eigenvalue weighted by atomic mass is 16.5. The normalized spacial score (nSPS) is 26.4. The van der Waals surface area contributed by atoms with Gasteiger partial charge >= 0.3 is 5.97 Å². The summed E-state index contributed by atoms with van der Waals surface area (Å²) in [5, 5.41) is 3.42. The van der Waals surface area contributed by atoms with Gasteiger partial charge in [0.2, 0.25) is 0 Å². The molecule has 0 saturated heterocycles. The Labute approximate surface area is 94.1 Å². The molecule has 1 N–H and O–H groups in total. The molecule has 0 unspecified atom stereocenters. The summed E-state index contributed by atoms with van der Waals surface area (Å²) in [5.74, 6) is -0.249. The molecule has 0 spiro atoms.